The van der Waals surface area contributed by atoms with E-state index in [-0.39, 0.29) is 6.61 Å². The second-order valence-corrected chi connectivity index (χ2v) is 4.48. The zero-order chi connectivity index (χ0) is 12.8. The van der Waals surface area contributed by atoms with Crippen LogP contribution in [0.4, 0.5) is 5.69 Å². The van der Waals surface area contributed by atoms with Gasteiger partial charge >= 0.3 is 0 Å². The molecule has 2 heteroatoms. The molecule has 18 heavy (non-hydrogen) atoms. The number of nitrogens with two attached hydrogens (primary N) is 1. The minimum Gasteiger partial charge on any atom is -0.398 e. The maximum absolute atomic E-state index is 8.88. The van der Waals surface area contributed by atoms with Gasteiger partial charge in [-0.3, -0.25) is 0 Å². The zero-order valence-corrected chi connectivity index (χ0v) is 10.5. The third kappa shape index (κ3) is 3.11. The third-order valence-electron chi connectivity index (χ3n) is 3.13. The molecule has 94 valence electrons. The molecule has 0 atom stereocenters. The van der Waals surface area contributed by atoms with Gasteiger partial charge in [0.1, 0.15) is 0 Å². The average Bonchev–Trinajstić information content (AvgIpc) is 2.41. The molecule has 2 nitrogen and oxygen atoms in total. The van der Waals surface area contributed by atoms with Crippen LogP contribution in [0.3, 0.4) is 0 Å². The first-order valence-corrected chi connectivity index (χ1v) is 6.32. The van der Waals surface area contributed by atoms with Crippen LogP contribution in [0.2, 0.25) is 0 Å². The minimum atomic E-state index is 0.211. The van der Waals surface area contributed by atoms with Gasteiger partial charge in [-0.05, 0) is 36.0 Å². The molecule has 0 unspecified atom stereocenters. The molecule has 2 aromatic rings. The van der Waals surface area contributed by atoms with E-state index >= 15 is 0 Å². The summed E-state index contributed by atoms with van der Waals surface area (Å²) in [6.07, 6.45) is 2.46. The molecule has 0 aliphatic carbocycles. The molecule has 0 amide bonds. The Hall–Kier alpha value is -1.80. The van der Waals surface area contributed by atoms with E-state index in [4.69, 9.17) is 10.8 Å². The van der Waals surface area contributed by atoms with E-state index in [0.717, 1.165) is 36.1 Å². The van der Waals surface area contributed by atoms with Crippen molar-refractivity contribution < 1.29 is 5.11 Å². The first kappa shape index (κ1) is 12.7. The van der Waals surface area contributed by atoms with Crippen molar-refractivity contribution in [1.29, 1.82) is 0 Å². The normalized spacial score (nSPS) is 10.5. The van der Waals surface area contributed by atoms with Gasteiger partial charge in [-0.1, -0.05) is 48.5 Å². The number of aliphatic hydroxyl groups is 1. The van der Waals surface area contributed by atoms with Crippen LogP contribution in [0.5, 0.6) is 0 Å². The van der Waals surface area contributed by atoms with Crippen LogP contribution < -0.4 is 5.73 Å². The van der Waals surface area contributed by atoms with Crippen LogP contribution in [0.25, 0.3) is 0 Å². The number of rotatable bonds is 5. The molecule has 0 bridgehead atoms. The summed E-state index contributed by atoms with van der Waals surface area (Å²) in [5.41, 5.74) is 10.6. The quantitative estimate of drug-likeness (QED) is 0.791. The Balaban J connectivity index is 2.18. The van der Waals surface area contributed by atoms with Gasteiger partial charge in [-0.15, -0.1) is 0 Å². The summed E-state index contributed by atoms with van der Waals surface area (Å²) in [5, 5.41) is 8.88. The predicted octanol–water partition coefficient (Wildman–Crippen LogP) is 2.78. The number of aliphatic hydroxyl groups excluding tert-OH is 1. The number of hydrogen-bond donors (Lipinski definition) is 2. The monoisotopic (exact) mass is 241 g/mol. The Labute approximate surface area is 108 Å². The van der Waals surface area contributed by atoms with Gasteiger partial charge in [0.2, 0.25) is 0 Å². The molecule has 0 aromatic heterocycles. The molecule has 0 saturated heterocycles. The zero-order valence-electron chi connectivity index (χ0n) is 10.5. The Morgan fingerprint density at radius 1 is 0.889 bits per heavy atom. The lowest BCUT2D eigenvalue weighted by molar-refractivity contribution is 0.288. The van der Waals surface area contributed by atoms with E-state index < -0.39 is 0 Å². The molecule has 0 aliphatic rings. The van der Waals surface area contributed by atoms with E-state index in [0.29, 0.717) is 0 Å². The fourth-order valence-electron chi connectivity index (χ4n) is 2.12. The molecular formula is C16H19NO. The predicted molar refractivity (Wildman–Crippen MR) is 75.5 cm³/mol. The smallest absolute Gasteiger partial charge is 0.0434 e. The Bertz CT molecular complexity index is 494. The van der Waals surface area contributed by atoms with Gasteiger partial charge in [-0.2, -0.15) is 0 Å². The van der Waals surface area contributed by atoms with E-state index in [1.165, 1.54) is 5.56 Å². The SMILES string of the molecule is Nc1c(CCCO)cccc1Cc1ccccc1. The first-order chi connectivity index (χ1) is 8.81. The molecule has 0 saturated carbocycles. The van der Waals surface area contributed by atoms with E-state index in [9.17, 15) is 0 Å². The summed E-state index contributed by atoms with van der Waals surface area (Å²) >= 11 is 0. The lowest BCUT2D eigenvalue weighted by atomic mass is 9.98. The molecular weight excluding hydrogens is 222 g/mol. The molecule has 3 N–H and O–H groups in total. The van der Waals surface area contributed by atoms with Crippen LogP contribution >= 0.6 is 0 Å². The van der Waals surface area contributed by atoms with Crippen LogP contribution in [0.15, 0.2) is 48.5 Å². The maximum atomic E-state index is 8.88. The number of nitrogen functional groups attached to an aromatic ring is 1. The first-order valence-electron chi connectivity index (χ1n) is 6.32. The summed E-state index contributed by atoms with van der Waals surface area (Å²) in [6.45, 7) is 0.211. The average molecular weight is 241 g/mol. The number of benzene rings is 2. The second kappa shape index (κ2) is 6.22. The molecule has 2 rings (SSSR count). The van der Waals surface area contributed by atoms with Crippen molar-refractivity contribution >= 4 is 5.69 Å². The molecule has 0 aliphatic heterocycles. The van der Waals surface area contributed by atoms with Gasteiger partial charge in [0.05, 0.1) is 0 Å². The second-order valence-electron chi connectivity index (χ2n) is 4.48. The van der Waals surface area contributed by atoms with Crippen LogP contribution in [-0.4, -0.2) is 11.7 Å². The number of anilines is 1. The van der Waals surface area contributed by atoms with Crippen molar-refractivity contribution in [1.82, 2.24) is 0 Å². The largest absolute Gasteiger partial charge is 0.398 e. The molecule has 0 fully saturated rings. The maximum Gasteiger partial charge on any atom is 0.0434 e. The highest BCUT2D eigenvalue weighted by Crippen LogP contribution is 2.21. The lowest BCUT2D eigenvalue weighted by Crippen LogP contribution is -2.01. The van der Waals surface area contributed by atoms with Crippen molar-refractivity contribution in [3.05, 3.63) is 65.2 Å². The Morgan fingerprint density at radius 3 is 2.33 bits per heavy atom. The van der Waals surface area contributed by atoms with Gasteiger partial charge in [0.15, 0.2) is 0 Å². The van der Waals surface area contributed by atoms with Crippen molar-refractivity contribution in [2.24, 2.45) is 0 Å². The molecule has 0 heterocycles. The van der Waals surface area contributed by atoms with Crippen molar-refractivity contribution in [3.63, 3.8) is 0 Å². The van der Waals surface area contributed by atoms with Crippen molar-refractivity contribution in [2.75, 3.05) is 12.3 Å². The van der Waals surface area contributed by atoms with E-state index in [1.54, 1.807) is 0 Å². The van der Waals surface area contributed by atoms with Gasteiger partial charge in [0, 0.05) is 12.3 Å². The topological polar surface area (TPSA) is 46.2 Å². The summed E-state index contributed by atoms with van der Waals surface area (Å²) < 4.78 is 0. The van der Waals surface area contributed by atoms with Crippen molar-refractivity contribution in [3.8, 4) is 0 Å². The highest BCUT2D eigenvalue weighted by atomic mass is 16.2. The number of hydrogen-bond acceptors (Lipinski definition) is 2. The number of aryl methyl sites for hydroxylation is 1. The van der Waals surface area contributed by atoms with E-state index in [1.807, 2.05) is 30.3 Å². The fraction of sp³-hybridized carbons (Fsp3) is 0.250. The highest BCUT2D eigenvalue weighted by Gasteiger charge is 2.05. The molecule has 0 radical (unpaired) electrons. The molecule has 0 spiro atoms. The summed E-state index contributed by atoms with van der Waals surface area (Å²) in [5.74, 6) is 0. The van der Waals surface area contributed by atoms with Gasteiger partial charge < -0.3 is 10.8 Å². The summed E-state index contributed by atoms with van der Waals surface area (Å²) in [4.78, 5) is 0. The standard InChI is InChI=1S/C16H19NO/c17-16-14(10-5-11-18)8-4-9-15(16)12-13-6-2-1-3-7-13/h1-4,6-9,18H,5,10-12,17H2. The van der Waals surface area contributed by atoms with Gasteiger partial charge in [0.25, 0.3) is 0 Å². The van der Waals surface area contributed by atoms with Crippen molar-refractivity contribution in [2.45, 2.75) is 19.3 Å². The van der Waals surface area contributed by atoms with Gasteiger partial charge in [-0.25, -0.2) is 0 Å². The number of para-hydroxylation sites is 1. The van der Waals surface area contributed by atoms with Crippen LogP contribution in [0.1, 0.15) is 23.1 Å². The summed E-state index contributed by atoms with van der Waals surface area (Å²) in [7, 11) is 0. The van der Waals surface area contributed by atoms with Crippen LogP contribution in [0, 0.1) is 0 Å². The van der Waals surface area contributed by atoms with Crippen LogP contribution in [-0.2, 0) is 12.8 Å². The summed E-state index contributed by atoms with van der Waals surface area (Å²) in [6, 6.07) is 16.5. The minimum absolute atomic E-state index is 0.211. The highest BCUT2D eigenvalue weighted by molar-refractivity contribution is 5.55. The fourth-order valence-corrected chi connectivity index (χ4v) is 2.12. The van der Waals surface area contributed by atoms with E-state index in [2.05, 4.69) is 18.2 Å². The third-order valence-corrected chi connectivity index (χ3v) is 3.13. The lowest BCUT2D eigenvalue weighted by Gasteiger charge is -2.10. The Kier molecular flexibility index (Phi) is 4.37. The molecule has 2 aromatic carbocycles. The Morgan fingerprint density at radius 2 is 1.61 bits per heavy atom.